The van der Waals surface area contributed by atoms with E-state index in [0.29, 0.717) is 5.56 Å². The van der Waals surface area contributed by atoms with Gasteiger partial charge >= 0.3 is 0 Å². The smallest absolute Gasteiger partial charge is 0.248 e. The largest absolute Gasteiger partial charge is 0.366 e. The van der Waals surface area contributed by atoms with Crippen molar-refractivity contribution in [2.24, 2.45) is 5.73 Å². The Balaban J connectivity index is 0.000000165. The Hall–Kier alpha value is -1.39. The minimum atomic E-state index is -0.379. The van der Waals surface area contributed by atoms with E-state index in [1.165, 1.54) is 19.5 Å². The summed E-state index contributed by atoms with van der Waals surface area (Å²) in [5.41, 5.74) is 5.53. The maximum Gasteiger partial charge on any atom is 0.248 e. The summed E-state index contributed by atoms with van der Waals surface area (Å²) >= 11 is 0. The highest BCUT2D eigenvalue weighted by atomic mass is 16.1. The lowest BCUT2D eigenvalue weighted by atomic mass is 10.2. The summed E-state index contributed by atoms with van der Waals surface area (Å²) in [4.78, 5) is 10.4. The third-order valence-corrected chi connectivity index (χ3v) is 2.24. The summed E-state index contributed by atoms with van der Waals surface area (Å²) in [6.45, 7) is 4.65. The van der Waals surface area contributed by atoms with E-state index in [4.69, 9.17) is 5.73 Å². The van der Waals surface area contributed by atoms with Crippen molar-refractivity contribution in [3.63, 3.8) is 0 Å². The van der Waals surface area contributed by atoms with E-state index in [-0.39, 0.29) is 5.91 Å². The van der Waals surface area contributed by atoms with E-state index in [2.05, 4.69) is 10.6 Å². The van der Waals surface area contributed by atoms with Gasteiger partial charge in [-0.05, 0) is 31.6 Å². The monoisotopic (exact) mass is 221 g/mol. The van der Waals surface area contributed by atoms with Gasteiger partial charge in [-0.25, -0.2) is 0 Å². The van der Waals surface area contributed by atoms with Gasteiger partial charge in [-0.2, -0.15) is 0 Å². The van der Waals surface area contributed by atoms with Crippen LogP contribution in [-0.2, 0) is 0 Å². The molecule has 0 spiro atoms. The molecule has 16 heavy (non-hydrogen) atoms. The summed E-state index contributed by atoms with van der Waals surface area (Å²) in [6.07, 6.45) is 1.28. The minimum absolute atomic E-state index is 0.379. The van der Waals surface area contributed by atoms with Crippen LogP contribution >= 0.6 is 0 Å². The maximum absolute atomic E-state index is 10.4. The first-order valence-corrected chi connectivity index (χ1v) is 5.57. The van der Waals surface area contributed by atoms with Crippen molar-refractivity contribution in [2.75, 3.05) is 26.2 Å². The van der Waals surface area contributed by atoms with Crippen LogP contribution in [0, 0.1) is 0 Å². The van der Waals surface area contributed by atoms with Gasteiger partial charge in [0.15, 0.2) is 0 Å². The molecule has 4 nitrogen and oxygen atoms in total. The van der Waals surface area contributed by atoms with Crippen LogP contribution in [0.25, 0.3) is 0 Å². The molecule has 4 N–H and O–H groups in total. The van der Waals surface area contributed by atoms with Crippen molar-refractivity contribution in [2.45, 2.75) is 6.42 Å². The molecule has 1 amide bonds. The van der Waals surface area contributed by atoms with Crippen LogP contribution in [0.15, 0.2) is 30.3 Å². The fraction of sp³-hybridized carbons (Fsp3) is 0.417. The van der Waals surface area contributed by atoms with Crippen molar-refractivity contribution >= 4 is 5.91 Å². The molecule has 0 aliphatic carbocycles. The van der Waals surface area contributed by atoms with Gasteiger partial charge in [-0.1, -0.05) is 18.2 Å². The molecule has 0 bridgehead atoms. The summed E-state index contributed by atoms with van der Waals surface area (Å²) in [7, 11) is 0. The first-order chi connectivity index (χ1) is 7.80. The Kier molecular flexibility index (Phi) is 6.22. The van der Waals surface area contributed by atoms with Gasteiger partial charge in [0.25, 0.3) is 0 Å². The van der Waals surface area contributed by atoms with Gasteiger partial charge in [0.1, 0.15) is 0 Å². The summed E-state index contributed by atoms with van der Waals surface area (Å²) in [5.74, 6) is -0.379. The highest BCUT2D eigenvalue weighted by Crippen LogP contribution is 1.94. The second-order valence-corrected chi connectivity index (χ2v) is 3.58. The number of carbonyl (C=O) groups excluding carboxylic acids is 1. The lowest BCUT2D eigenvalue weighted by molar-refractivity contribution is 0.100. The molecular weight excluding hydrogens is 202 g/mol. The molecule has 1 aromatic rings. The lowest BCUT2D eigenvalue weighted by Gasteiger charge is -1.92. The average molecular weight is 221 g/mol. The van der Waals surface area contributed by atoms with Crippen LogP contribution in [0.1, 0.15) is 16.8 Å². The Morgan fingerprint density at radius 3 is 2.00 bits per heavy atom. The van der Waals surface area contributed by atoms with E-state index < -0.39 is 0 Å². The summed E-state index contributed by atoms with van der Waals surface area (Å²) in [5, 5.41) is 6.57. The van der Waals surface area contributed by atoms with E-state index in [1.807, 2.05) is 6.07 Å². The molecule has 4 heteroatoms. The zero-order valence-electron chi connectivity index (χ0n) is 9.41. The van der Waals surface area contributed by atoms with Crippen LogP contribution in [0.3, 0.4) is 0 Å². The SMILES string of the molecule is C1CNCCNC1.NC(=O)c1ccccc1. The van der Waals surface area contributed by atoms with Gasteiger partial charge < -0.3 is 16.4 Å². The molecule has 2 rings (SSSR count). The van der Waals surface area contributed by atoms with E-state index in [9.17, 15) is 4.79 Å². The number of primary amides is 1. The van der Waals surface area contributed by atoms with Crippen LogP contribution < -0.4 is 16.4 Å². The predicted molar refractivity (Wildman–Crippen MR) is 65.3 cm³/mol. The van der Waals surface area contributed by atoms with Gasteiger partial charge in [0, 0.05) is 18.7 Å². The van der Waals surface area contributed by atoms with E-state index >= 15 is 0 Å². The van der Waals surface area contributed by atoms with Gasteiger partial charge in [-0.15, -0.1) is 0 Å². The zero-order chi connectivity index (χ0) is 11.6. The van der Waals surface area contributed by atoms with Crippen molar-refractivity contribution in [3.8, 4) is 0 Å². The second-order valence-electron chi connectivity index (χ2n) is 3.58. The lowest BCUT2D eigenvalue weighted by Crippen LogP contribution is -2.21. The number of hydrogen-bond acceptors (Lipinski definition) is 3. The summed E-state index contributed by atoms with van der Waals surface area (Å²) in [6, 6.07) is 8.76. The Morgan fingerprint density at radius 1 is 1.00 bits per heavy atom. The number of hydrogen-bond donors (Lipinski definition) is 3. The Morgan fingerprint density at radius 2 is 1.56 bits per heavy atom. The molecule has 1 heterocycles. The molecule has 88 valence electrons. The molecule has 1 saturated heterocycles. The quantitative estimate of drug-likeness (QED) is 0.641. The van der Waals surface area contributed by atoms with E-state index in [1.54, 1.807) is 24.3 Å². The number of amides is 1. The Labute approximate surface area is 96.2 Å². The zero-order valence-corrected chi connectivity index (χ0v) is 9.41. The molecule has 1 aromatic carbocycles. The van der Waals surface area contributed by atoms with Crippen molar-refractivity contribution in [1.29, 1.82) is 0 Å². The minimum Gasteiger partial charge on any atom is -0.366 e. The van der Waals surface area contributed by atoms with Crippen LogP contribution in [0.5, 0.6) is 0 Å². The van der Waals surface area contributed by atoms with Gasteiger partial charge in [0.2, 0.25) is 5.91 Å². The van der Waals surface area contributed by atoms with Crippen LogP contribution in [-0.4, -0.2) is 32.1 Å². The first-order valence-electron chi connectivity index (χ1n) is 5.57. The van der Waals surface area contributed by atoms with Gasteiger partial charge in [-0.3, -0.25) is 4.79 Å². The second kappa shape index (κ2) is 7.84. The Bertz CT molecular complexity index is 281. The highest BCUT2D eigenvalue weighted by molar-refractivity contribution is 5.92. The normalized spacial score (nSPS) is 15.5. The number of nitrogens with one attached hydrogen (secondary N) is 2. The fourth-order valence-electron chi connectivity index (χ4n) is 1.37. The molecule has 1 aliphatic rings. The molecule has 0 aromatic heterocycles. The number of nitrogens with two attached hydrogens (primary N) is 1. The number of benzene rings is 1. The topological polar surface area (TPSA) is 67.2 Å². The van der Waals surface area contributed by atoms with Crippen LogP contribution in [0.2, 0.25) is 0 Å². The first kappa shape index (κ1) is 12.7. The predicted octanol–water partition coefficient (Wildman–Crippen LogP) is 0.355. The third-order valence-electron chi connectivity index (χ3n) is 2.24. The van der Waals surface area contributed by atoms with Crippen molar-refractivity contribution in [1.82, 2.24) is 10.6 Å². The van der Waals surface area contributed by atoms with Gasteiger partial charge in [0.05, 0.1) is 0 Å². The molecule has 1 fully saturated rings. The van der Waals surface area contributed by atoms with Crippen LogP contribution in [0.4, 0.5) is 0 Å². The molecular formula is C12H19N3O. The highest BCUT2D eigenvalue weighted by Gasteiger charge is 1.94. The number of carbonyl (C=O) groups is 1. The number of rotatable bonds is 1. The molecule has 0 saturated carbocycles. The summed E-state index contributed by atoms with van der Waals surface area (Å²) < 4.78 is 0. The third kappa shape index (κ3) is 5.48. The maximum atomic E-state index is 10.4. The average Bonchev–Trinajstić information content (AvgIpc) is 2.63. The molecule has 1 aliphatic heterocycles. The van der Waals surface area contributed by atoms with E-state index in [0.717, 1.165) is 13.1 Å². The molecule has 0 atom stereocenters. The van der Waals surface area contributed by atoms with Crippen molar-refractivity contribution in [3.05, 3.63) is 35.9 Å². The fourth-order valence-corrected chi connectivity index (χ4v) is 1.37. The van der Waals surface area contributed by atoms with Crippen molar-refractivity contribution < 1.29 is 4.79 Å². The standard InChI is InChI=1S/C7H7NO.C5H12N2/c8-7(9)6-4-2-1-3-5-6;1-2-6-4-5-7-3-1/h1-5H,(H2,8,9);6-7H,1-5H2. The molecule has 0 unspecified atom stereocenters. The molecule has 0 radical (unpaired) electrons.